The number of nitrogens with one attached hydrogen (secondary N) is 1. The molecule has 1 amide bonds. The number of anilines is 1. The number of aryl methyl sites for hydroxylation is 1. The zero-order valence-electron chi connectivity index (χ0n) is 16.3. The largest absolute Gasteiger partial charge is 0.492 e. The lowest BCUT2D eigenvalue weighted by atomic mass is 10.00. The van der Waals surface area contributed by atoms with Gasteiger partial charge in [0, 0.05) is 10.9 Å². The monoisotopic (exact) mass is 383 g/mol. The fraction of sp³-hybridized carbons (Fsp3) is 0.125. The zero-order valence-corrected chi connectivity index (χ0v) is 16.3. The molecule has 3 aromatic carbocycles. The normalized spacial score (nSPS) is 10.7. The third kappa shape index (κ3) is 3.80. The maximum absolute atomic E-state index is 13.5. The van der Waals surface area contributed by atoms with Gasteiger partial charge in [-0.1, -0.05) is 54.1 Å². The number of nitrogens with zero attached hydrogens (tertiary/aromatic N) is 2. The summed E-state index contributed by atoms with van der Waals surface area (Å²) in [5.74, 6) is 0.383. The Bertz CT molecular complexity index is 1170. The molecule has 0 radical (unpaired) electrons. The summed E-state index contributed by atoms with van der Waals surface area (Å²) < 4.78 is 5.65. The van der Waals surface area contributed by atoms with Gasteiger partial charge in [-0.15, -0.1) is 10.2 Å². The number of rotatable bonds is 5. The molecule has 0 aliphatic heterocycles. The average Bonchev–Trinajstić information content (AvgIpc) is 2.75. The molecule has 4 aromatic rings. The predicted molar refractivity (Wildman–Crippen MR) is 115 cm³/mol. The number of hydrogen-bond acceptors (Lipinski definition) is 4. The highest BCUT2D eigenvalue weighted by atomic mass is 16.5. The number of ether oxygens (including phenoxy) is 1. The second-order valence-electron chi connectivity index (χ2n) is 6.69. The highest BCUT2D eigenvalue weighted by Crippen LogP contribution is 2.30. The summed E-state index contributed by atoms with van der Waals surface area (Å²) in [6.45, 7) is 4.42. The number of carbonyl (C=O) groups is 1. The second kappa shape index (κ2) is 8.10. The molecule has 0 saturated heterocycles. The molecular weight excluding hydrogens is 362 g/mol. The average molecular weight is 383 g/mol. The molecule has 0 unspecified atom stereocenters. The smallest absolute Gasteiger partial charge is 0.258 e. The van der Waals surface area contributed by atoms with Crippen molar-refractivity contribution in [1.82, 2.24) is 10.2 Å². The van der Waals surface area contributed by atoms with Crippen molar-refractivity contribution in [3.05, 3.63) is 83.9 Å². The third-order valence-corrected chi connectivity index (χ3v) is 4.63. The van der Waals surface area contributed by atoms with Gasteiger partial charge in [0.1, 0.15) is 11.4 Å². The minimum atomic E-state index is -0.249. The molecule has 0 bridgehead atoms. The Kier molecular flexibility index (Phi) is 5.20. The molecule has 1 N–H and O–H groups in total. The molecule has 144 valence electrons. The summed E-state index contributed by atoms with van der Waals surface area (Å²) in [5.41, 5.74) is 4.24. The summed E-state index contributed by atoms with van der Waals surface area (Å²) >= 11 is 0. The SMILES string of the molecule is CCOc1ccccc1NC(=O)c1c(-c2ccccc2)nnc2ccc(C)cc12. The van der Waals surface area contributed by atoms with Gasteiger partial charge in [-0.3, -0.25) is 4.79 Å². The number of para-hydroxylation sites is 2. The molecule has 29 heavy (non-hydrogen) atoms. The summed E-state index contributed by atoms with van der Waals surface area (Å²) in [6, 6.07) is 22.9. The molecule has 4 rings (SSSR count). The van der Waals surface area contributed by atoms with E-state index in [-0.39, 0.29) is 5.91 Å². The minimum Gasteiger partial charge on any atom is -0.492 e. The van der Waals surface area contributed by atoms with Crippen molar-refractivity contribution >= 4 is 22.5 Å². The van der Waals surface area contributed by atoms with E-state index in [1.54, 1.807) is 0 Å². The Morgan fingerprint density at radius 1 is 0.966 bits per heavy atom. The van der Waals surface area contributed by atoms with Crippen LogP contribution in [0.5, 0.6) is 5.75 Å². The van der Waals surface area contributed by atoms with E-state index in [0.29, 0.717) is 34.8 Å². The van der Waals surface area contributed by atoms with E-state index in [2.05, 4.69) is 15.5 Å². The van der Waals surface area contributed by atoms with Gasteiger partial charge in [0.05, 0.1) is 23.4 Å². The maximum Gasteiger partial charge on any atom is 0.258 e. The van der Waals surface area contributed by atoms with E-state index >= 15 is 0 Å². The number of hydrogen-bond donors (Lipinski definition) is 1. The van der Waals surface area contributed by atoms with Crippen LogP contribution in [0.1, 0.15) is 22.8 Å². The lowest BCUT2D eigenvalue weighted by Gasteiger charge is -2.14. The van der Waals surface area contributed by atoms with Crippen molar-refractivity contribution in [3.8, 4) is 17.0 Å². The van der Waals surface area contributed by atoms with Gasteiger partial charge in [0.15, 0.2) is 0 Å². The first-order valence-electron chi connectivity index (χ1n) is 9.53. The van der Waals surface area contributed by atoms with Crippen LogP contribution in [0, 0.1) is 6.92 Å². The molecular formula is C24H21N3O2. The van der Waals surface area contributed by atoms with Crippen molar-refractivity contribution < 1.29 is 9.53 Å². The van der Waals surface area contributed by atoms with E-state index in [0.717, 1.165) is 16.5 Å². The lowest BCUT2D eigenvalue weighted by molar-refractivity contribution is 0.102. The molecule has 1 aromatic heterocycles. The number of benzene rings is 3. The number of aromatic nitrogens is 2. The van der Waals surface area contributed by atoms with Gasteiger partial charge in [0.2, 0.25) is 0 Å². The lowest BCUT2D eigenvalue weighted by Crippen LogP contribution is -2.16. The van der Waals surface area contributed by atoms with Gasteiger partial charge in [-0.25, -0.2) is 0 Å². The van der Waals surface area contributed by atoms with E-state index in [1.807, 2.05) is 86.6 Å². The molecule has 0 aliphatic rings. The second-order valence-corrected chi connectivity index (χ2v) is 6.69. The maximum atomic E-state index is 13.5. The van der Waals surface area contributed by atoms with Crippen molar-refractivity contribution in [1.29, 1.82) is 0 Å². The topological polar surface area (TPSA) is 64.1 Å². The fourth-order valence-corrected chi connectivity index (χ4v) is 3.28. The Labute approximate surface area is 169 Å². The van der Waals surface area contributed by atoms with Crippen LogP contribution in [-0.4, -0.2) is 22.7 Å². The molecule has 0 fully saturated rings. The summed E-state index contributed by atoms with van der Waals surface area (Å²) in [5, 5.41) is 12.5. The van der Waals surface area contributed by atoms with E-state index < -0.39 is 0 Å². The van der Waals surface area contributed by atoms with Crippen LogP contribution in [0.15, 0.2) is 72.8 Å². The predicted octanol–water partition coefficient (Wildman–Crippen LogP) is 5.26. The van der Waals surface area contributed by atoms with Gasteiger partial charge >= 0.3 is 0 Å². The highest BCUT2D eigenvalue weighted by Gasteiger charge is 2.20. The zero-order chi connectivity index (χ0) is 20.2. The van der Waals surface area contributed by atoms with Crippen molar-refractivity contribution in [2.75, 3.05) is 11.9 Å². The van der Waals surface area contributed by atoms with Gasteiger partial charge in [-0.05, 0) is 38.1 Å². The van der Waals surface area contributed by atoms with Crippen molar-refractivity contribution in [2.45, 2.75) is 13.8 Å². The number of amides is 1. The third-order valence-electron chi connectivity index (χ3n) is 4.63. The van der Waals surface area contributed by atoms with Crippen molar-refractivity contribution in [3.63, 3.8) is 0 Å². The molecule has 0 aliphatic carbocycles. The van der Waals surface area contributed by atoms with Crippen LogP contribution in [0.4, 0.5) is 5.69 Å². The summed E-state index contributed by atoms with van der Waals surface area (Å²) in [6.07, 6.45) is 0. The summed E-state index contributed by atoms with van der Waals surface area (Å²) in [4.78, 5) is 13.5. The first kappa shape index (κ1) is 18.6. The number of carbonyl (C=O) groups excluding carboxylic acids is 1. The van der Waals surface area contributed by atoms with Crippen LogP contribution in [0.25, 0.3) is 22.2 Å². The van der Waals surface area contributed by atoms with E-state index in [1.165, 1.54) is 0 Å². The van der Waals surface area contributed by atoms with Gasteiger partial charge in [-0.2, -0.15) is 0 Å². The van der Waals surface area contributed by atoms with Crippen molar-refractivity contribution in [2.24, 2.45) is 0 Å². The molecule has 5 heteroatoms. The Hall–Kier alpha value is -3.73. The van der Waals surface area contributed by atoms with E-state index in [4.69, 9.17) is 4.74 Å². The first-order valence-corrected chi connectivity index (χ1v) is 9.53. The standard InChI is InChI=1S/C24H21N3O2/c1-3-29-21-12-8-7-11-20(21)25-24(28)22-18-15-16(2)13-14-19(18)26-27-23(22)17-9-5-4-6-10-17/h4-15H,3H2,1-2H3,(H,25,28). The highest BCUT2D eigenvalue weighted by molar-refractivity contribution is 6.16. The molecule has 0 saturated carbocycles. The minimum absolute atomic E-state index is 0.249. The van der Waals surface area contributed by atoms with Crippen LogP contribution >= 0.6 is 0 Å². The Balaban J connectivity index is 1.87. The van der Waals surface area contributed by atoms with Crippen LogP contribution < -0.4 is 10.1 Å². The van der Waals surface area contributed by atoms with Gasteiger partial charge < -0.3 is 10.1 Å². The molecule has 1 heterocycles. The molecule has 0 atom stereocenters. The van der Waals surface area contributed by atoms with E-state index in [9.17, 15) is 4.79 Å². The quantitative estimate of drug-likeness (QED) is 0.511. The van der Waals surface area contributed by atoms with Crippen LogP contribution in [0.2, 0.25) is 0 Å². The molecule has 5 nitrogen and oxygen atoms in total. The fourth-order valence-electron chi connectivity index (χ4n) is 3.28. The van der Waals surface area contributed by atoms with Crippen LogP contribution in [0.3, 0.4) is 0 Å². The number of fused-ring (bicyclic) bond motifs is 1. The Morgan fingerprint density at radius 3 is 2.52 bits per heavy atom. The van der Waals surface area contributed by atoms with Crippen LogP contribution in [-0.2, 0) is 0 Å². The molecule has 0 spiro atoms. The summed E-state index contributed by atoms with van der Waals surface area (Å²) in [7, 11) is 0. The first-order chi connectivity index (χ1) is 14.2. The van der Waals surface area contributed by atoms with Gasteiger partial charge in [0.25, 0.3) is 5.91 Å². The Morgan fingerprint density at radius 2 is 1.72 bits per heavy atom.